The number of hydrogen-bond acceptors (Lipinski definition) is 4. The van der Waals surface area contributed by atoms with E-state index in [0.29, 0.717) is 18.5 Å². The molecule has 1 heterocycles. The predicted octanol–water partition coefficient (Wildman–Crippen LogP) is 2.89. The fraction of sp³-hybridized carbons (Fsp3) is 0.500. The van der Waals surface area contributed by atoms with Gasteiger partial charge in [-0.2, -0.15) is 4.98 Å². The molecule has 20 heavy (non-hydrogen) atoms. The molecule has 2 aromatic rings. The standard InChI is InChI=1S/C16H21N3O/c1-2-6-13(7-3-1)10-11-15-18-16(20-19-15)12-17-14-8-4-5-9-14/h1-3,6-7,14,17H,4-5,8-12H2. The fourth-order valence-electron chi connectivity index (χ4n) is 2.73. The monoisotopic (exact) mass is 271 g/mol. The molecular formula is C16H21N3O. The first-order chi connectivity index (χ1) is 9.90. The lowest BCUT2D eigenvalue weighted by Gasteiger charge is -2.08. The molecule has 1 fully saturated rings. The van der Waals surface area contributed by atoms with Crippen molar-refractivity contribution in [1.29, 1.82) is 0 Å². The van der Waals surface area contributed by atoms with E-state index in [1.54, 1.807) is 0 Å². The van der Waals surface area contributed by atoms with E-state index in [1.165, 1.54) is 31.2 Å². The largest absolute Gasteiger partial charge is 0.338 e. The van der Waals surface area contributed by atoms with Crippen LogP contribution in [0.15, 0.2) is 34.9 Å². The van der Waals surface area contributed by atoms with Crippen molar-refractivity contribution in [1.82, 2.24) is 15.5 Å². The Bertz CT molecular complexity index is 518. The summed E-state index contributed by atoms with van der Waals surface area (Å²) in [6, 6.07) is 11.0. The maximum Gasteiger partial charge on any atom is 0.240 e. The molecule has 106 valence electrons. The van der Waals surface area contributed by atoms with E-state index in [-0.39, 0.29) is 0 Å². The van der Waals surface area contributed by atoms with Gasteiger partial charge in [-0.15, -0.1) is 0 Å². The second kappa shape index (κ2) is 6.66. The number of hydrogen-bond donors (Lipinski definition) is 1. The molecule has 3 rings (SSSR count). The van der Waals surface area contributed by atoms with Gasteiger partial charge in [0.05, 0.1) is 6.54 Å². The van der Waals surface area contributed by atoms with Gasteiger partial charge in [0.1, 0.15) is 0 Å². The summed E-state index contributed by atoms with van der Waals surface area (Å²) in [5.41, 5.74) is 1.31. The molecule has 0 bridgehead atoms. The zero-order chi connectivity index (χ0) is 13.6. The van der Waals surface area contributed by atoms with Crippen LogP contribution < -0.4 is 5.32 Å². The van der Waals surface area contributed by atoms with Gasteiger partial charge in [-0.1, -0.05) is 48.3 Å². The fourth-order valence-corrected chi connectivity index (χ4v) is 2.73. The third-order valence-electron chi connectivity index (χ3n) is 3.89. The molecule has 0 radical (unpaired) electrons. The maximum atomic E-state index is 5.29. The highest BCUT2D eigenvalue weighted by Crippen LogP contribution is 2.17. The second-order valence-electron chi connectivity index (χ2n) is 5.45. The first-order valence-corrected chi connectivity index (χ1v) is 7.49. The van der Waals surface area contributed by atoms with Crippen molar-refractivity contribution >= 4 is 0 Å². The van der Waals surface area contributed by atoms with Crippen molar-refractivity contribution in [3.63, 3.8) is 0 Å². The molecule has 4 nitrogen and oxygen atoms in total. The van der Waals surface area contributed by atoms with Crippen LogP contribution in [0.1, 0.15) is 43.0 Å². The van der Waals surface area contributed by atoms with Crippen LogP contribution in [0.25, 0.3) is 0 Å². The van der Waals surface area contributed by atoms with Crippen molar-refractivity contribution in [3.8, 4) is 0 Å². The van der Waals surface area contributed by atoms with Crippen LogP contribution in [0.4, 0.5) is 0 Å². The number of nitrogens with one attached hydrogen (secondary N) is 1. The van der Waals surface area contributed by atoms with Crippen LogP contribution in [-0.4, -0.2) is 16.2 Å². The number of aryl methyl sites for hydroxylation is 2. The molecule has 1 N–H and O–H groups in total. The zero-order valence-electron chi connectivity index (χ0n) is 11.7. The Morgan fingerprint density at radius 3 is 2.70 bits per heavy atom. The Labute approximate surface area is 119 Å². The van der Waals surface area contributed by atoms with Crippen molar-refractivity contribution in [2.24, 2.45) is 0 Å². The lowest BCUT2D eigenvalue weighted by Crippen LogP contribution is -2.25. The van der Waals surface area contributed by atoms with E-state index < -0.39 is 0 Å². The van der Waals surface area contributed by atoms with Crippen LogP contribution >= 0.6 is 0 Å². The van der Waals surface area contributed by atoms with Crippen LogP contribution in [0.3, 0.4) is 0 Å². The highest BCUT2D eigenvalue weighted by Gasteiger charge is 2.15. The maximum absolute atomic E-state index is 5.29. The molecule has 1 saturated carbocycles. The molecule has 1 aromatic heterocycles. The van der Waals surface area contributed by atoms with Gasteiger partial charge in [0.15, 0.2) is 5.82 Å². The van der Waals surface area contributed by atoms with Crippen molar-refractivity contribution in [2.45, 2.75) is 51.1 Å². The SMILES string of the molecule is c1ccc(CCc2noc(CNC3CCCC3)n2)cc1. The molecular weight excluding hydrogens is 250 g/mol. The smallest absolute Gasteiger partial charge is 0.240 e. The van der Waals surface area contributed by atoms with Gasteiger partial charge in [-0.25, -0.2) is 0 Å². The van der Waals surface area contributed by atoms with Gasteiger partial charge in [-0.05, 0) is 24.8 Å². The Morgan fingerprint density at radius 1 is 1.10 bits per heavy atom. The predicted molar refractivity (Wildman–Crippen MR) is 77.2 cm³/mol. The molecule has 0 unspecified atom stereocenters. The average Bonchev–Trinajstić information content (AvgIpc) is 3.16. The van der Waals surface area contributed by atoms with Gasteiger partial charge >= 0.3 is 0 Å². The van der Waals surface area contributed by atoms with Crippen molar-refractivity contribution < 1.29 is 4.52 Å². The lowest BCUT2D eigenvalue weighted by molar-refractivity contribution is 0.353. The summed E-state index contributed by atoms with van der Waals surface area (Å²) < 4.78 is 5.29. The third-order valence-corrected chi connectivity index (χ3v) is 3.89. The minimum absolute atomic E-state index is 0.634. The summed E-state index contributed by atoms with van der Waals surface area (Å²) in [5.74, 6) is 1.51. The van der Waals surface area contributed by atoms with E-state index in [2.05, 4.69) is 39.7 Å². The van der Waals surface area contributed by atoms with Gasteiger partial charge in [0, 0.05) is 12.5 Å². The lowest BCUT2D eigenvalue weighted by atomic mass is 10.1. The molecule has 4 heteroatoms. The summed E-state index contributed by atoms with van der Waals surface area (Å²) in [6.07, 6.45) is 7.00. The molecule has 0 spiro atoms. The number of rotatable bonds is 6. The molecule has 0 aliphatic heterocycles. The molecule has 0 saturated heterocycles. The molecule has 0 atom stereocenters. The molecule has 1 aliphatic rings. The first-order valence-electron chi connectivity index (χ1n) is 7.49. The Kier molecular flexibility index (Phi) is 4.43. The molecule has 0 amide bonds. The van der Waals surface area contributed by atoms with Crippen LogP contribution in [0, 0.1) is 0 Å². The van der Waals surface area contributed by atoms with Gasteiger partial charge in [0.2, 0.25) is 5.89 Å². The summed E-state index contributed by atoms with van der Waals surface area (Å²) in [6.45, 7) is 0.697. The van der Waals surface area contributed by atoms with E-state index in [4.69, 9.17) is 4.52 Å². The van der Waals surface area contributed by atoms with Gasteiger partial charge in [0.25, 0.3) is 0 Å². The first kappa shape index (κ1) is 13.3. The molecule has 1 aromatic carbocycles. The Hall–Kier alpha value is -1.68. The zero-order valence-corrected chi connectivity index (χ0v) is 11.7. The van der Waals surface area contributed by atoms with E-state index in [1.807, 2.05) is 6.07 Å². The van der Waals surface area contributed by atoms with Gasteiger partial charge < -0.3 is 9.84 Å². The quantitative estimate of drug-likeness (QED) is 0.877. The van der Waals surface area contributed by atoms with E-state index in [0.717, 1.165) is 18.7 Å². The number of nitrogens with zero attached hydrogens (tertiary/aromatic N) is 2. The number of aromatic nitrogens is 2. The minimum Gasteiger partial charge on any atom is -0.338 e. The third kappa shape index (κ3) is 3.67. The summed E-state index contributed by atoms with van der Waals surface area (Å²) >= 11 is 0. The highest BCUT2D eigenvalue weighted by atomic mass is 16.5. The Balaban J connectivity index is 1.46. The van der Waals surface area contributed by atoms with E-state index in [9.17, 15) is 0 Å². The second-order valence-corrected chi connectivity index (χ2v) is 5.45. The van der Waals surface area contributed by atoms with Crippen LogP contribution in [0.2, 0.25) is 0 Å². The minimum atomic E-state index is 0.634. The summed E-state index contributed by atoms with van der Waals surface area (Å²) in [7, 11) is 0. The highest BCUT2D eigenvalue weighted by molar-refractivity contribution is 5.15. The van der Waals surface area contributed by atoms with Crippen molar-refractivity contribution in [2.75, 3.05) is 0 Å². The normalized spacial score (nSPS) is 15.8. The molecule has 1 aliphatic carbocycles. The van der Waals surface area contributed by atoms with Crippen LogP contribution in [0.5, 0.6) is 0 Å². The van der Waals surface area contributed by atoms with E-state index >= 15 is 0 Å². The van der Waals surface area contributed by atoms with Crippen LogP contribution in [-0.2, 0) is 19.4 Å². The topological polar surface area (TPSA) is 51.0 Å². The summed E-state index contributed by atoms with van der Waals surface area (Å²) in [4.78, 5) is 4.45. The van der Waals surface area contributed by atoms with Gasteiger partial charge in [-0.3, -0.25) is 0 Å². The summed E-state index contributed by atoms with van der Waals surface area (Å²) in [5, 5.41) is 7.54. The van der Waals surface area contributed by atoms with Crippen molar-refractivity contribution in [3.05, 3.63) is 47.6 Å². The number of benzene rings is 1. The average molecular weight is 271 g/mol. The Morgan fingerprint density at radius 2 is 1.90 bits per heavy atom.